The minimum absolute atomic E-state index is 0.00340. The number of halogens is 1. The summed E-state index contributed by atoms with van der Waals surface area (Å²) in [5.41, 5.74) is 0.0984. The molecule has 1 atom stereocenters. The molecule has 0 aliphatic heterocycles. The highest BCUT2D eigenvalue weighted by molar-refractivity contribution is 6.21. The second kappa shape index (κ2) is 6.95. The van der Waals surface area contributed by atoms with Gasteiger partial charge in [-0.15, -0.1) is 11.6 Å². The summed E-state index contributed by atoms with van der Waals surface area (Å²) in [4.78, 5) is 33.1. The zero-order valence-corrected chi connectivity index (χ0v) is 12.4. The van der Waals surface area contributed by atoms with E-state index in [1.807, 2.05) is 0 Å². The van der Waals surface area contributed by atoms with Crippen molar-refractivity contribution in [2.75, 3.05) is 0 Å². The Bertz CT molecular complexity index is 781. The molecule has 0 aliphatic carbocycles. The average molecular weight is 358 g/mol. The number of nitrogens with zero attached hydrogens (tertiary/aromatic N) is 5. The number of rotatable bonds is 7. The molecular formula is C11H8ClN5O7. The van der Waals surface area contributed by atoms with E-state index in [1.54, 1.807) is 0 Å². The number of nitro benzene ring substituents is 1. The zero-order valence-electron chi connectivity index (χ0n) is 11.6. The van der Waals surface area contributed by atoms with Gasteiger partial charge in [0.15, 0.2) is 5.38 Å². The first kappa shape index (κ1) is 17.2. The van der Waals surface area contributed by atoms with Gasteiger partial charge in [-0.25, -0.2) is 0 Å². The Kier molecular flexibility index (Phi) is 4.99. The van der Waals surface area contributed by atoms with Crippen LogP contribution >= 0.6 is 11.6 Å². The number of aromatic nitrogens is 2. The SMILES string of the molecule is O=[N+]([O-])c1cccc(-c2noc(CC(Cl)C([N+](=O)[O-])[N+](=O)[O-])n2)c1. The molecule has 12 nitrogen and oxygen atoms in total. The minimum Gasteiger partial charge on any atom is -0.339 e. The van der Waals surface area contributed by atoms with Crippen molar-refractivity contribution >= 4 is 17.3 Å². The maximum absolute atomic E-state index is 10.7. The number of hydrogen-bond acceptors (Lipinski definition) is 9. The number of alkyl halides is 1. The van der Waals surface area contributed by atoms with Crippen LogP contribution in [-0.4, -0.2) is 36.5 Å². The normalized spacial score (nSPS) is 12.1. The van der Waals surface area contributed by atoms with Crippen LogP contribution in [0.4, 0.5) is 5.69 Å². The molecule has 2 aromatic rings. The van der Waals surface area contributed by atoms with Crippen molar-refractivity contribution in [3.05, 3.63) is 60.5 Å². The molecule has 1 aromatic heterocycles. The van der Waals surface area contributed by atoms with Crippen molar-refractivity contribution in [2.45, 2.75) is 18.0 Å². The van der Waals surface area contributed by atoms with E-state index in [0.717, 1.165) is 0 Å². The highest BCUT2D eigenvalue weighted by atomic mass is 35.5. The fourth-order valence-corrected chi connectivity index (χ4v) is 2.14. The van der Waals surface area contributed by atoms with Gasteiger partial charge < -0.3 is 4.52 Å². The van der Waals surface area contributed by atoms with Crippen LogP contribution in [0.25, 0.3) is 11.4 Å². The van der Waals surface area contributed by atoms with Crippen molar-refractivity contribution in [3.63, 3.8) is 0 Å². The van der Waals surface area contributed by atoms with Crippen molar-refractivity contribution in [1.29, 1.82) is 0 Å². The van der Waals surface area contributed by atoms with Crippen LogP contribution in [-0.2, 0) is 6.42 Å². The number of non-ortho nitro benzene ring substituents is 1. The van der Waals surface area contributed by atoms with E-state index < -0.39 is 32.7 Å². The van der Waals surface area contributed by atoms with Gasteiger partial charge in [-0.2, -0.15) is 4.98 Å². The molecule has 0 saturated heterocycles. The van der Waals surface area contributed by atoms with Gasteiger partial charge in [-0.1, -0.05) is 17.3 Å². The topological polar surface area (TPSA) is 168 Å². The van der Waals surface area contributed by atoms with Crippen molar-refractivity contribution in [3.8, 4) is 11.4 Å². The predicted octanol–water partition coefficient (Wildman–Crippen LogP) is 1.67. The Hall–Kier alpha value is -3.15. The lowest BCUT2D eigenvalue weighted by molar-refractivity contribution is -0.741. The molecule has 0 fully saturated rings. The lowest BCUT2D eigenvalue weighted by atomic mass is 10.2. The van der Waals surface area contributed by atoms with E-state index in [1.165, 1.54) is 24.3 Å². The quantitative estimate of drug-likeness (QED) is 0.309. The number of nitro groups is 3. The maximum atomic E-state index is 10.7. The minimum atomic E-state index is -2.22. The van der Waals surface area contributed by atoms with E-state index in [-0.39, 0.29) is 23.0 Å². The predicted molar refractivity (Wildman–Crippen MR) is 77.5 cm³/mol. The fraction of sp³-hybridized carbons (Fsp3) is 0.273. The van der Waals surface area contributed by atoms with Crippen molar-refractivity contribution in [1.82, 2.24) is 10.1 Å². The van der Waals surface area contributed by atoms with E-state index >= 15 is 0 Å². The monoisotopic (exact) mass is 357 g/mol. The molecule has 0 N–H and O–H groups in total. The molecular weight excluding hydrogens is 350 g/mol. The van der Waals surface area contributed by atoms with Crippen LogP contribution in [0.1, 0.15) is 5.89 Å². The molecule has 0 saturated carbocycles. The first-order valence-corrected chi connectivity index (χ1v) is 6.71. The fourth-order valence-electron chi connectivity index (χ4n) is 1.83. The second-order valence-electron chi connectivity index (χ2n) is 4.52. The average Bonchev–Trinajstić information content (AvgIpc) is 2.95. The molecule has 0 bridgehead atoms. The largest absolute Gasteiger partial charge is 0.467 e. The van der Waals surface area contributed by atoms with Gasteiger partial charge in [0.2, 0.25) is 11.7 Å². The van der Waals surface area contributed by atoms with Gasteiger partial charge in [0, 0.05) is 17.7 Å². The third-order valence-corrected chi connectivity index (χ3v) is 3.29. The summed E-state index contributed by atoms with van der Waals surface area (Å²) < 4.78 is 4.84. The molecule has 2 rings (SSSR count). The van der Waals surface area contributed by atoms with E-state index in [4.69, 9.17) is 16.1 Å². The molecule has 0 aliphatic rings. The Morgan fingerprint density at radius 3 is 2.42 bits per heavy atom. The van der Waals surface area contributed by atoms with Gasteiger partial charge in [0.05, 0.1) is 21.2 Å². The Balaban J connectivity index is 2.19. The summed E-state index contributed by atoms with van der Waals surface area (Å²) >= 11 is 5.69. The zero-order chi connectivity index (χ0) is 17.9. The molecule has 13 heteroatoms. The Labute approximate surface area is 137 Å². The standard InChI is InChI=1S/C11H8ClN5O7/c12-8(11(16(20)21)17(22)23)5-9-13-10(14-24-9)6-2-1-3-7(4-6)15(18)19/h1-4,8,11H,5H2. The lowest BCUT2D eigenvalue weighted by Crippen LogP contribution is -2.38. The second-order valence-corrected chi connectivity index (χ2v) is 5.08. The molecule has 0 radical (unpaired) electrons. The summed E-state index contributed by atoms with van der Waals surface area (Å²) in [6.07, 6.45) is -2.63. The summed E-state index contributed by atoms with van der Waals surface area (Å²) in [5.74, 6) is -0.165. The first-order valence-electron chi connectivity index (χ1n) is 6.28. The lowest BCUT2D eigenvalue weighted by Gasteiger charge is -2.05. The molecule has 24 heavy (non-hydrogen) atoms. The summed E-state index contributed by atoms with van der Waals surface area (Å²) in [6, 6.07) is 5.40. The first-order chi connectivity index (χ1) is 11.3. The van der Waals surface area contributed by atoms with Crippen LogP contribution < -0.4 is 0 Å². The summed E-state index contributed by atoms with van der Waals surface area (Å²) in [5, 5.41) is 34.1. The molecule has 126 valence electrons. The van der Waals surface area contributed by atoms with Crippen LogP contribution in [0, 0.1) is 30.3 Å². The third-order valence-electron chi connectivity index (χ3n) is 2.91. The molecule has 0 amide bonds. The molecule has 1 heterocycles. The van der Waals surface area contributed by atoms with Crippen LogP contribution in [0.2, 0.25) is 0 Å². The van der Waals surface area contributed by atoms with Crippen LogP contribution in [0.15, 0.2) is 28.8 Å². The van der Waals surface area contributed by atoms with Crippen molar-refractivity contribution in [2.24, 2.45) is 0 Å². The van der Waals surface area contributed by atoms with Crippen molar-refractivity contribution < 1.29 is 19.3 Å². The van der Waals surface area contributed by atoms with Crippen LogP contribution in [0.3, 0.4) is 0 Å². The summed E-state index contributed by atoms with van der Waals surface area (Å²) in [7, 11) is 0. The van der Waals surface area contributed by atoms with Crippen LogP contribution in [0.5, 0.6) is 0 Å². The van der Waals surface area contributed by atoms with E-state index in [2.05, 4.69) is 10.1 Å². The highest BCUT2D eigenvalue weighted by Crippen LogP contribution is 2.22. The smallest absolute Gasteiger partial charge is 0.339 e. The third kappa shape index (κ3) is 3.78. The Morgan fingerprint density at radius 2 is 1.83 bits per heavy atom. The highest BCUT2D eigenvalue weighted by Gasteiger charge is 2.42. The molecule has 1 aromatic carbocycles. The Morgan fingerprint density at radius 1 is 1.17 bits per heavy atom. The molecule has 0 spiro atoms. The molecule has 1 unspecified atom stereocenters. The van der Waals surface area contributed by atoms with Gasteiger partial charge in [0.1, 0.15) is 0 Å². The summed E-state index contributed by atoms with van der Waals surface area (Å²) in [6.45, 7) is 0. The van der Waals surface area contributed by atoms with E-state index in [9.17, 15) is 30.3 Å². The van der Waals surface area contributed by atoms with Gasteiger partial charge in [-0.05, 0) is 0 Å². The number of hydrogen-bond donors (Lipinski definition) is 0. The maximum Gasteiger partial charge on any atom is 0.467 e. The number of benzene rings is 1. The van der Waals surface area contributed by atoms with Gasteiger partial charge in [0.25, 0.3) is 5.69 Å². The van der Waals surface area contributed by atoms with Gasteiger partial charge >= 0.3 is 6.17 Å². The van der Waals surface area contributed by atoms with Gasteiger partial charge in [-0.3, -0.25) is 30.3 Å². The van der Waals surface area contributed by atoms with E-state index in [0.29, 0.717) is 0 Å².